The third-order valence-corrected chi connectivity index (χ3v) is 4.97. The molecule has 0 spiro atoms. The van der Waals surface area contributed by atoms with Gasteiger partial charge in [-0.3, -0.25) is 4.79 Å². The van der Waals surface area contributed by atoms with Crippen LogP contribution >= 0.6 is 12.4 Å². The van der Waals surface area contributed by atoms with Crippen LogP contribution in [0.1, 0.15) is 18.9 Å². The number of nitrogens with two attached hydrogens (primary N) is 1. The number of hydrogen-bond donors (Lipinski definition) is 1. The number of aromatic nitrogens is 2. The molecule has 0 aliphatic rings. The SMILES string of the molecule is CCCn1ccc2nc(-c3ccc(CN)cc3)c(-c3ccccc3)cc2c1=O.Cl. The van der Waals surface area contributed by atoms with E-state index in [9.17, 15) is 4.79 Å². The van der Waals surface area contributed by atoms with Crippen molar-refractivity contribution in [3.05, 3.63) is 88.8 Å². The van der Waals surface area contributed by atoms with Gasteiger partial charge in [0, 0.05) is 30.4 Å². The number of rotatable bonds is 5. The van der Waals surface area contributed by atoms with Gasteiger partial charge in [0.1, 0.15) is 0 Å². The maximum atomic E-state index is 12.9. The van der Waals surface area contributed by atoms with E-state index in [4.69, 9.17) is 10.7 Å². The molecule has 0 fully saturated rings. The van der Waals surface area contributed by atoms with Crippen LogP contribution in [0.25, 0.3) is 33.3 Å². The predicted molar refractivity (Wildman–Crippen MR) is 122 cm³/mol. The Labute approximate surface area is 176 Å². The predicted octanol–water partition coefficient (Wildman–Crippen LogP) is 5.02. The lowest BCUT2D eigenvalue weighted by atomic mass is 9.97. The first-order valence-electron chi connectivity index (χ1n) is 9.60. The summed E-state index contributed by atoms with van der Waals surface area (Å²) in [5, 5.41) is 0.650. The number of pyridine rings is 2. The van der Waals surface area contributed by atoms with Gasteiger partial charge in [-0.05, 0) is 29.7 Å². The summed E-state index contributed by atoms with van der Waals surface area (Å²) in [5.41, 5.74) is 11.4. The van der Waals surface area contributed by atoms with E-state index in [1.165, 1.54) is 0 Å². The Bertz CT molecular complexity index is 1170. The Balaban J connectivity index is 0.00000240. The van der Waals surface area contributed by atoms with E-state index < -0.39 is 0 Å². The molecule has 2 heterocycles. The maximum Gasteiger partial charge on any atom is 0.260 e. The Morgan fingerprint density at radius 2 is 1.69 bits per heavy atom. The van der Waals surface area contributed by atoms with Crippen molar-refractivity contribution >= 4 is 23.3 Å². The van der Waals surface area contributed by atoms with Gasteiger partial charge in [0.15, 0.2) is 0 Å². The zero-order valence-corrected chi connectivity index (χ0v) is 17.2. The second-order valence-electron chi connectivity index (χ2n) is 6.90. The van der Waals surface area contributed by atoms with Gasteiger partial charge in [-0.1, -0.05) is 61.5 Å². The van der Waals surface area contributed by atoms with Gasteiger partial charge in [0.25, 0.3) is 5.56 Å². The van der Waals surface area contributed by atoms with Crippen LogP contribution in [0, 0.1) is 0 Å². The topological polar surface area (TPSA) is 60.9 Å². The number of halogens is 1. The first-order chi connectivity index (χ1) is 13.7. The Hall–Kier alpha value is -2.95. The van der Waals surface area contributed by atoms with E-state index in [1.54, 1.807) is 4.57 Å². The molecule has 148 valence electrons. The van der Waals surface area contributed by atoms with Crippen LogP contribution in [0.4, 0.5) is 0 Å². The van der Waals surface area contributed by atoms with E-state index in [0.717, 1.165) is 39.9 Å². The highest BCUT2D eigenvalue weighted by atomic mass is 35.5. The molecule has 0 bridgehead atoms. The van der Waals surface area contributed by atoms with Gasteiger partial charge in [-0.25, -0.2) is 4.98 Å². The maximum absolute atomic E-state index is 12.9. The molecule has 0 unspecified atom stereocenters. The average Bonchev–Trinajstić information content (AvgIpc) is 2.76. The van der Waals surface area contributed by atoms with E-state index in [2.05, 4.69) is 6.92 Å². The van der Waals surface area contributed by atoms with Crippen LogP contribution in [0.3, 0.4) is 0 Å². The highest BCUT2D eigenvalue weighted by Crippen LogP contribution is 2.32. The smallest absolute Gasteiger partial charge is 0.260 e. The lowest BCUT2D eigenvalue weighted by molar-refractivity contribution is 0.659. The number of benzene rings is 2. The van der Waals surface area contributed by atoms with Crippen molar-refractivity contribution in [1.29, 1.82) is 0 Å². The van der Waals surface area contributed by atoms with Gasteiger partial charge in [-0.15, -0.1) is 12.4 Å². The number of nitrogens with zero attached hydrogens (tertiary/aromatic N) is 2. The van der Waals surface area contributed by atoms with E-state index in [-0.39, 0.29) is 18.0 Å². The van der Waals surface area contributed by atoms with Crippen LogP contribution in [-0.4, -0.2) is 9.55 Å². The quantitative estimate of drug-likeness (QED) is 0.507. The molecule has 0 saturated carbocycles. The first kappa shape index (κ1) is 20.8. The van der Waals surface area contributed by atoms with Crippen molar-refractivity contribution in [3.8, 4) is 22.4 Å². The van der Waals surface area contributed by atoms with Crippen molar-refractivity contribution in [3.63, 3.8) is 0 Å². The fourth-order valence-corrected chi connectivity index (χ4v) is 3.48. The molecule has 4 nitrogen and oxygen atoms in total. The standard InChI is InChI=1S/C24H23N3O.ClH/c1-2-13-27-14-12-22-21(24(27)28)15-20(18-6-4-3-5-7-18)23(26-22)19-10-8-17(16-25)9-11-19;/h3-12,14-15H,2,13,16,25H2,1H3;1H. The third-order valence-electron chi connectivity index (χ3n) is 4.97. The number of hydrogen-bond acceptors (Lipinski definition) is 3. The van der Waals surface area contributed by atoms with Crippen LogP contribution in [0.5, 0.6) is 0 Å². The summed E-state index contributed by atoms with van der Waals surface area (Å²) in [7, 11) is 0. The lowest BCUT2D eigenvalue weighted by Gasteiger charge is -2.13. The second-order valence-corrected chi connectivity index (χ2v) is 6.90. The Morgan fingerprint density at radius 1 is 0.966 bits per heavy atom. The third kappa shape index (κ3) is 4.09. The van der Waals surface area contributed by atoms with Crippen molar-refractivity contribution < 1.29 is 0 Å². The number of aryl methyl sites for hydroxylation is 1. The van der Waals surface area contributed by atoms with Gasteiger partial charge < -0.3 is 10.3 Å². The van der Waals surface area contributed by atoms with Gasteiger partial charge in [0.05, 0.1) is 16.6 Å². The summed E-state index contributed by atoms with van der Waals surface area (Å²) in [6.07, 6.45) is 2.75. The second kappa shape index (κ2) is 9.03. The molecule has 29 heavy (non-hydrogen) atoms. The average molecular weight is 406 g/mol. The highest BCUT2D eigenvalue weighted by molar-refractivity contribution is 5.91. The minimum Gasteiger partial charge on any atom is -0.326 e. The molecule has 2 aromatic heterocycles. The molecule has 0 aliphatic carbocycles. The Kier molecular flexibility index (Phi) is 6.47. The van der Waals surface area contributed by atoms with Crippen LogP contribution in [0.2, 0.25) is 0 Å². The molecule has 2 aromatic carbocycles. The molecule has 2 N–H and O–H groups in total. The van der Waals surface area contributed by atoms with Crippen molar-refractivity contribution in [2.75, 3.05) is 0 Å². The largest absolute Gasteiger partial charge is 0.326 e. The minimum atomic E-state index is 0. The van der Waals surface area contributed by atoms with E-state index >= 15 is 0 Å². The summed E-state index contributed by atoms with van der Waals surface area (Å²) in [5.74, 6) is 0. The molecular formula is C24H24ClN3O. The van der Waals surface area contributed by atoms with Crippen molar-refractivity contribution in [2.45, 2.75) is 26.4 Å². The molecule has 4 aromatic rings. The molecule has 0 radical (unpaired) electrons. The molecule has 5 heteroatoms. The van der Waals surface area contributed by atoms with Crippen LogP contribution < -0.4 is 11.3 Å². The molecule has 0 amide bonds. The minimum absolute atomic E-state index is 0. The van der Waals surface area contributed by atoms with Gasteiger partial charge in [-0.2, -0.15) is 0 Å². The normalized spacial score (nSPS) is 10.7. The molecule has 4 rings (SSSR count). The summed E-state index contributed by atoms with van der Waals surface area (Å²) in [4.78, 5) is 17.8. The number of fused-ring (bicyclic) bond motifs is 1. The van der Waals surface area contributed by atoms with Crippen molar-refractivity contribution in [1.82, 2.24) is 9.55 Å². The van der Waals surface area contributed by atoms with Crippen molar-refractivity contribution in [2.24, 2.45) is 5.73 Å². The lowest BCUT2D eigenvalue weighted by Crippen LogP contribution is -2.19. The molecule has 0 atom stereocenters. The van der Waals surface area contributed by atoms with Gasteiger partial charge in [0.2, 0.25) is 0 Å². The molecule has 0 saturated heterocycles. The summed E-state index contributed by atoms with van der Waals surface area (Å²) in [6.45, 7) is 3.28. The Morgan fingerprint density at radius 3 is 2.34 bits per heavy atom. The zero-order valence-electron chi connectivity index (χ0n) is 16.3. The summed E-state index contributed by atoms with van der Waals surface area (Å²) >= 11 is 0. The van der Waals surface area contributed by atoms with E-state index in [1.807, 2.05) is 72.9 Å². The van der Waals surface area contributed by atoms with E-state index in [0.29, 0.717) is 18.5 Å². The van der Waals surface area contributed by atoms with Gasteiger partial charge >= 0.3 is 0 Å². The summed E-state index contributed by atoms with van der Waals surface area (Å²) < 4.78 is 1.76. The molecule has 0 aliphatic heterocycles. The van der Waals surface area contributed by atoms with Crippen LogP contribution in [0.15, 0.2) is 77.7 Å². The molecular weight excluding hydrogens is 382 g/mol. The summed E-state index contributed by atoms with van der Waals surface area (Å²) in [6, 6.07) is 22.1. The monoisotopic (exact) mass is 405 g/mol. The fourth-order valence-electron chi connectivity index (χ4n) is 3.48. The zero-order chi connectivity index (χ0) is 19.5. The fraction of sp³-hybridized carbons (Fsp3) is 0.167. The van der Waals surface area contributed by atoms with Crippen LogP contribution in [-0.2, 0) is 13.1 Å². The highest BCUT2D eigenvalue weighted by Gasteiger charge is 2.14. The first-order valence-corrected chi connectivity index (χ1v) is 9.60.